The summed E-state index contributed by atoms with van der Waals surface area (Å²) in [7, 11) is 1.49. The standard InChI is InChI=1S/C17H25NO2/c1-3-13-18-17(16(19)20-2)12-8-7-11-15(17)14-9-5-4-6-10-14/h4-6,9-10,15,18H,3,7-8,11-13H2,1-2H3. The molecule has 1 N–H and O–H groups in total. The molecule has 1 aromatic rings. The fourth-order valence-electron chi connectivity index (χ4n) is 3.37. The number of rotatable bonds is 5. The van der Waals surface area contributed by atoms with E-state index in [4.69, 9.17) is 4.74 Å². The van der Waals surface area contributed by atoms with Crippen LogP contribution in [0.25, 0.3) is 0 Å². The molecule has 0 radical (unpaired) electrons. The lowest BCUT2D eigenvalue weighted by Crippen LogP contribution is -2.58. The Kier molecular flexibility index (Phi) is 5.18. The summed E-state index contributed by atoms with van der Waals surface area (Å²) in [6, 6.07) is 10.4. The molecule has 0 amide bonds. The highest BCUT2D eigenvalue weighted by atomic mass is 16.5. The van der Waals surface area contributed by atoms with E-state index in [0.29, 0.717) is 0 Å². The number of carbonyl (C=O) groups excluding carboxylic acids is 1. The van der Waals surface area contributed by atoms with Gasteiger partial charge >= 0.3 is 5.97 Å². The largest absolute Gasteiger partial charge is 0.468 e. The highest BCUT2D eigenvalue weighted by Crippen LogP contribution is 2.41. The fourth-order valence-corrected chi connectivity index (χ4v) is 3.37. The van der Waals surface area contributed by atoms with Crippen molar-refractivity contribution >= 4 is 5.97 Å². The van der Waals surface area contributed by atoms with E-state index in [2.05, 4.69) is 24.4 Å². The van der Waals surface area contributed by atoms with Crippen LogP contribution in [0.3, 0.4) is 0 Å². The van der Waals surface area contributed by atoms with Crippen LogP contribution in [0.5, 0.6) is 0 Å². The molecule has 1 saturated carbocycles. The molecule has 2 rings (SSSR count). The van der Waals surface area contributed by atoms with E-state index in [1.54, 1.807) is 0 Å². The quantitative estimate of drug-likeness (QED) is 0.838. The molecule has 3 nitrogen and oxygen atoms in total. The highest BCUT2D eigenvalue weighted by Gasteiger charge is 2.48. The molecule has 1 fully saturated rings. The van der Waals surface area contributed by atoms with Crippen LogP contribution in [0, 0.1) is 0 Å². The van der Waals surface area contributed by atoms with Gasteiger partial charge in [0.2, 0.25) is 0 Å². The first kappa shape index (κ1) is 15.0. The predicted molar refractivity (Wildman–Crippen MR) is 80.7 cm³/mol. The summed E-state index contributed by atoms with van der Waals surface area (Å²) in [5.41, 5.74) is 0.686. The highest BCUT2D eigenvalue weighted by molar-refractivity contribution is 5.82. The van der Waals surface area contributed by atoms with E-state index in [1.807, 2.05) is 18.2 Å². The predicted octanol–water partition coefficient (Wildman–Crippen LogP) is 3.26. The summed E-state index contributed by atoms with van der Waals surface area (Å²) in [6.07, 6.45) is 5.16. The Morgan fingerprint density at radius 3 is 2.75 bits per heavy atom. The third kappa shape index (κ3) is 2.88. The summed E-state index contributed by atoms with van der Waals surface area (Å²) in [5.74, 6) is 0.0935. The number of hydrogen-bond donors (Lipinski definition) is 1. The molecule has 0 saturated heterocycles. The van der Waals surface area contributed by atoms with Crippen molar-refractivity contribution in [2.24, 2.45) is 0 Å². The SMILES string of the molecule is CCCNC1(C(=O)OC)CCCCC1c1ccccc1. The lowest BCUT2D eigenvalue weighted by Gasteiger charge is -2.42. The molecule has 3 heteroatoms. The lowest BCUT2D eigenvalue weighted by molar-refractivity contribution is -0.151. The van der Waals surface area contributed by atoms with Crippen LogP contribution in [0.1, 0.15) is 50.5 Å². The van der Waals surface area contributed by atoms with E-state index in [0.717, 1.165) is 32.2 Å². The van der Waals surface area contributed by atoms with Gasteiger partial charge in [-0.3, -0.25) is 4.79 Å². The monoisotopic (exact) mass is 275 g/mol. The molecule has 1 aliphatic carbocycles. The number of hydrogen-bond acceptors (Lipinski definition) is 3. The Morgan fingerprint density at radius 1 is 1.35 bits per heavy atom. The van der Waals surface area contributed by atoms with Crippen LogP contribution in [-0.2, 0) is 9.53 Å². The normalized spacial score (nSPS) is 26.2. The van der Waals surface area contributed by atoms with Crippen LogP contribution in [0.15, 0.2) is 30.3 Å². The minimum absolute atomic E-state index is 0.112. The fraction of sp³-hybridized carbons (Fsp3) is 0.588. The average molecular weight is 275 g/mol. The Hall–Kier alpha value is -1.35. The van der Waals surface area contributed by atoms with Gasteiger partial charge in [0.05, 0.1) is 7.11 Å². The minimum atomic E-state index is -0.551. The van der Waals surface area contributed by atoms with Gasteiger partial charge in [0.25, 0.3) is 0 Å². The zero-order valence-electron chi connectivity index (χ0n) is 12.5. The van der Waals surface area contributed by atoms with Crippen LogP contribution in [0.2, 0.25) is 0 Å². The second-order valence-electron chi connectivity index (χ2n) is 5.60. The molecule has 1 aromatic carbocycles. The molecule has 0 aliphatic heterocycles. The Bertz CT molecular complexity index is 432. The van der Waals surface area contributed by atoms with Gasteiger partial charge in [-0.25, -0.2) is 0 Å². The molecule has 2 atom stereocenters. The second kappa shape index (κ2) is 6.89. The molecule has 1 aliphatic rings. The van der Waals surface area contributed by atoms with E-state index >= 15 is 0 Å². The second-order valence-corrected chi connectivity index (χ2v) is 5.60. The van der Waals surface area contributed by atoms with Gasteiger partial charge in [-0.05, 0) is 31.4 Å². The van der Waals surface area contributed by atoms with Crippen molar-refractivity contribution in [2.45, 2.75) is 50.5 Å². The molecule has 0 aromatic heterocycles. The molecule has 110 valence electrons. The number of ether oxygens (including phenoxy) is 1. The first-order chi connectivity index (χ1) is 9.74. The third-order valence-corrected chi connectivity index (χ3v) is 4.35. The average Bonchev–Trinajstić information content (AvgIpc) is 2.53. The van der Waals surface area contributed by atoms with Crippen LogP contribution in [-0.4, -0.2) is 25.2 Å². The number of nitrogens with one attached hydrogen (secondary N) is 1. The van der Waals surface area contributed by atoms with E-state index in [1.165, 1.54) is 19.1 Å². The van der Waals surface area contributed by atoms with Gasteiger partial charge in [-0.2, -0.15) is 0 Å². The van der Waals surface area contributed by atoms with Crippen molar-refractivity contribution in [3.63, 3.8) is 0 Å². The molecule has 20 heavy (non-hydrogen) atoms. The zero-order valence-corrected chi connectivity index (χ0v) is 12.5. The summed E-state index contributed by atoms with van der Waals surface area (Å²) < 4.78 is 5.14. The molecule has 0 bridgehead atoms. The van der Waals surface area contributed by atoms with Crippen molar-refractivity contribution in [3.8, 4) is 0 Å². The van der Waals surface area contributed by atoms with Crippen molar-refractivity contribution in [3.05, 3.63) is 35.9 Å². The van der Waals surface area contributed by atoms with Crippen LogP contribution < -0.4 is 5.32 Å². The molecular formula is C17H25NO2. The summed E-state index contributed by atoms with van der Waals surface area (Å²) in [6.45, 7) is 2.97. The van der Waals surface area contributed by atoms with Gasteiger partial charge in [-0.1, -0.05) is 50.1 Å². The van der Waals surface area contributed by atoms with Crippen molar-refractivity contribution in [2.75, 3.05) is 13.7 Å². The Labute approximate surface area is 121 Å². The maximum absolute atomic E-state index is 12.5. The first-order valence-corrected chi connectivity index (χ1v) is 7.63. The topological polar surface area (TPSA) is 38.3 Å². The summed E-state index contributed by atoms with van der Waals surface area (Å²) in [5, 5.41) is 3.51. The molecule has 2 unspecified atom stereocenters. The maximum Gasteiger partial charge on any atom is 0.326 e. The van der Waals surface area contributed by atoms with Gasteiger partial charge in [0, 0.05) is 5.92 Å². The van der Waals surface area contributed by atoms with E-state index < -0.39 is 5.54 Å². The smallest absolute Gasteiger partial charge is 0.326 e. The molecular weight excluding hydrogens is 250 g/mol. The molecule has 0 spiro atoms. The number of carbonyl (C=O) groups is 1. The summed E-state index contributed by atoms with van der Waals surface area (Å²) in [4.78, 5) is 12.5. The van der Waals surface area contributed by atoms with E-state index in [9.17, 15) is 4.79 Å². The number of esters is 1. The summed E-state index contributed by atoms with van der Waals surface area (Å²) >= 11 is 0. The first-order valence-electron chi connectivity index (χ1n) is 7.63. The van der Waals surface area contributed by atoms with Gasteiger partial charge in [0.15, 0.2) is 0 Å². The number of methoxy groups -OCH3 is 1. The van der Waals surface area contributed by atoms with Gasteiger partial charge in [-0.15, -0.1) is 0 Å². The van der Waals surface area contributed by atoms with Crippen molar-refractivity contribution in [1.29, 1.82) is 0 Å². The number of benzene rings is 1. The zero-order chi connectivity index (χ0) is 14.4. The molecule has 0 heterocycles. The van der Waals surface area contributed by atoms with Crippen LogP contribution >= 0.6 is 0 Å². The minimum Gasteiger partial charge on any atom is -0.468 e. The lowest BCUT2D eigenvalue weighted by atomic mass is 9.69. The van der Waals surface area contributed by atoms with Crippen molar-refractivity contribution < 1.29 is 9.53 Å². The van der Waals surface area contributed by atoms with E-state index in [-0.39, 0.29) is 11.9 Å². The maximum atomic E-state index is 12.5. The van der Waals surface area contributed by atoms with Gasteiger partial charge < -0.3 is 10.1 Å². The van der Waals surface area contributed by atoms with Crippen LogP contribution in [0.4, 0.5) is 0 Å². The Balaban J connectivity index is 2.36. The Morgan fingerprint density at radius 2 is 2.10 bits per heavy atom. The van der Waals surface area contributed by atoms with Gasteiger partial charge in [0.1, 0.15) is 5.54 Å². The van der Waals surface area contributed by atoms with Crippen molar-refractivity contribution in [1.82, 2.24) is 5.32 Å². The third-order valence-electron chi connectivity index (χ3n) is 4.35.